The van der Waals surface area contributed by atoms with Crippen molar-refractivity contribution in [3.05, 3.63) is 42.1 Å². The lowest BCUT2D eigenvalue weighted by molar-refractivity contribution is -0.116. The Bertz CT molecular complexity index is 563. The van der Waals surface area contributed by atoms with Crippen LogP contribution < -0.4 is 10.1 Å². The largest absolute Gasteiger partial charge is 0.497 e. The van der Waals surface area contributed by atoms with Gasteiger partial charge in [-0.1, -0.05) is 12.1 Å². The maximum Gasteiger partial charge on any atom is 0.225 e. The number of aryl methyl sites for hydroxylation is 2. The summed E-state index contributed by atoms with van der Waals surface area (Å²) in [4.78, 5) is 11.8. The molecular formula is C14H17N3O2. The number of hydrogen-bond donors (Lipinski definition) is 1. The van der Waals surface area contributed by atoms with Gasteiger partial charge in [-0.15, -0.1) is 0 Å². The van der Waals surface area contributed by atoms with Crippen LogP contribution in [0.5, 0.6) is 5.75 Å². The first-order valence-electron chi connectivity index (χ1n) is 6.10. The molecule has 0 atom stereocenters. The Hall–Kier alpha value is -2.30. The van der Waals surface area contributed by atoms with Gasteiger partial charge in [0.25, 0.3) is 0 Å². The fourth-order valence-electron chi connectivity index (χ4n) is 1.79. The van der Waals surface area contributed by atoms with E-state index in [4.69, 9.17) is 4.74 Å². The number of aromatic nitrogens is 2. The van der Waals surface area contributed by atoms with Crippen LogP contribution in [0.15, 0.2) is 36.5 Å². The van der Waals surface area contributed by atoms with Gasteiger partial charge >= 0.3 is 0 Å². The lowest BCUT2D eigenvalue weighted by Gasteiger charge is -2.06. The van der Waals surface area contributed by atoms with Crippen molar-refractivity contribution < 1.29 is 9.53 Å². The number of carbonyl (C=O) groups is 1. The van der Waals surface area contributed by atoms with Crippen LogP contribution in [0.3, 0.4) is 0 Å². The van der Waals surface area contributed by atoms with E-state index in [2.05, 4.69) is 10.4 Å². The third kappa shape index (κ3) is 3.58. The van der Waals surface area contributed by atoms with E-state index in [0.717, 1.165) is 11.3 Å². The molecule has 5 heteroatoms. The predicted molar refractivity (Wildman–Crippen MR) is 73.2 cm³/mol. The highest BCUT2D eigenvalue weighted by Crippen LogP contribution is 2.14. The van der Waals surface area contributed by atoms with Crippen molar-refractivity contribution >= 4 is 11.7 Å². The summed E-state index contributed by atoms with van der Waals surface area (Å²) in [5, 5.41) is 6.82. The maximum atomic E-state index is 11.8. The normalized spacial score (nSPS) is 10.2. The monoisotopic (exact) mass is 259 g/mol. The molecule has 1 amide bonds. The van der Waals surface area contributed by atoms with Gasteiger partial charge < -0.3 is 10.1 Å². The molecule has 0 saturated carbocycles. The average molecular weight is 259 g/mol. The minimum absolute atomic E-state index is 0.0218. The van der Waals surface area contributed by atoms with Crippen LogP contribution >= 0.6 is 0 Å². The van der Waals surface area contributed by atoms with Crippen molar-refractivity contribution in [3.63, 3.8) is 0 Å². The molecule has 5 nitrogen and oxygen atoms in total. The van der Waals surface area contributed by atoms with Crippen LogP contribution in [0.2, 0.25) is 0 Å². The van der Waals surface area contributed by atoms with Crippen molar-refractivity contribution in [1.29, 1.82) is 0 Å². The second-order valence-electron chi connectivity index (χ2n) is 4.24. The molecule has 0 aliphatic heterocycles. The molecule has 0 fully saturated rings. The van der Waals surface area contributed by atoms with E-state index >= 15 is 0 Å². The van der Waals surface area contributed by atoms with Gasteiger partial charge in [-0.25, -0.2) is 0 Å². The molecule has 0 spiro atoms. The molecular weight excluding hydrogens is 242 g/mol. The van der Waals surface area contributed by atoms with Crippen LogP contribution in [0.1, 0.15) is 12.0 Å². The summed E-state index contributed by atoms with van der Waals surface area (Å²) in [7, 11) is 3.42. The minimum atomic E-state index is -0.0218. The molecule has 0 aliphatic rings. The zero-order valence-electron chi connectivity index (χ0n) is 11.1. The van der Waals surface area contributed by atoms with E-state index in [1.165, 1.54) is 0 Å². The highest BCUT2D eigenvalue weighted by Gasteiger charge is 2.06. The Balaban J connectivity index is 1.88. The van der Waals surface area contributed by atoms with E-state index in [9.17, 15) is 4.79 Å². The molecule has 2 aromatic rings. The number of amides is 1. The topological polar surface area (TPSA) is 56.1 Å². The molecule has 2 rings (SSSR count). The Morgan fingerprint density at radius 2 is 2.26 bits per heavy atom. The number of nitrogens with one attached hydrogen (secondary N) is 1. The molecule has 0 radical (unpaired) electrons. The van der Waals surface area contributed by atoms with Crippen LogP contribution in [0, 0.1) is 0 Å². The zero-order chi connectivity index (χ0) is 13.7. The van der Waals surface area contributed by atoms with Crippen LogP contribution in [0.4, 0.5) is 5.82 Å². The smallest absolute Gasteiger partial charge is 0.225 e. The summed E-state index contributed by atoms with van der Waals surface area (Å²) in [5.74, 6) is 1.49. The summed E-state index contributed by atoms with van der Waals surface area (Å²) in [5.41, 5.74) is 1.08. The van der Waals surface area contributed by atoms with Crippen molar-refractivity contribution in [3.8, 4) is 5.75 Å². The highest BCUT2D eigenvalue weighted by atomic mass is 16.5. The predicted octanol–water partition coefficient (Wildman–Crippen LogP) is 2.00. The zero-order valence-corrected chi connectivity index (χ0v) is 11.1. The molecule has 0 unspecified atom stereocenters. The van der Waals surface area contributed by atoms with Crippen LogP contribution in [-0.4, -0.2) is 22.8 Å². The number of hydrogen-bond acceptors (Lipinski definition) is 3. The molecule has 1 aromatic heterocycles. The van der Waals surface area contributed by atoms with Gasteiger partial charge in [0, 0.05) is 19.5 Å². The highest BCUT2D eigenvalue weighted by molar-refractivity contribution is 5.89. The van der Waals surface area contributed by atoms with Gasteiger partial charge in [0.1, 0.15) is 11.6 Å². The Labute approximate surface area is 112 Å². The van der Waals surface area contributed by atoms with Gasteiger partial charge in [0.15, 0.2) is 0 Å². The number of methoxy groups -OCH3 is 1. The van der Waals surface area contributed by atoms with Gasteiger partial charge in [-0.2, -0.15) is 5.10 Å². The first kappa shape index (κ1) is 13.1. The third-order valence-corrected chi connectivity index (χ3v) is 2.86. The molecule has 100 valence electrons. The van der Waals surface area contributed by atoms with Crippen molar-refractivity contribution in [2.24, 2.45) is 7.05 Å². The molecule has 1 heterocycles. The number of carbonyl (C=O) groups excluding carboxylic acids is 1. The van der Waals surface area contributed by atoms with Crippen molar-refractivity contribution in [2.75, 3.05) is 12.4 Å². The average Bonchev–Trinajstić information content (AvgIpc) is 2.82. The Morgan fingerprint density at radius 3 is 2.95 bits per heavy atom. The summed E-state index contributed by atoms with van der Waals surface area (Å²) in [6, 6.07) is 9.51. The minimum Gasteiger partial charge on any atom is -0.497 e. The number of benzene rings is 1. The van der Waals surface area contributed by atoms with Crippen LogP contribution in [-0.2, 0) is 18.3 Å². The van der Waals surface area contributed by atoms with Crippen LogP contribution in [0.25, 0.3) is 0 Å². The second-order valence-corrected chi connectivity index (χ2v) is 4.24. The second kappa shape index (κ2) is 6.04. The standard InChI is InChI=1S/C14H17N3O2/c1-17-13(8-9-15-17)16-14(18)7-6-11-4-3-5-12(10-11)19-2/h3-5,8-10H,6-7H2,1-2H3,(H,16,18). The van der Waals surface area contributed by atoms with Gasteiger partial charge in [-0.3, -0.25) is 9.48 Å². The van der Waals surface area contributed by atoms with Gasteiger partial charge in [0.05, 0.1) is 13.3 Å². The van der Waals surface area contributed by atoms with E-state index in [1.54, 1.807) is 31.1 Å². The Kier molecular flexibility index (Phi) is 4.18. The lowest BCUT2D eigenvalue weighted by Crippen LogP contribution is -2.14. The van der Waals surface area contributed by atoms with E-state index in [0.29, 0.717) is 18.7 Å². The first-order valence-corrected chi connectivity index (χ1v) is 6.10. The summed E-state index contributed by atoms with van der Waals surface area (Å²) in [6.07, 6.45) is 2.76. The number of rotatable bonds is 5. The maximum absolute atomic E-state index is 11.8. The third-order valence-electron chi connectivity index (χ3n) is 2.86. The first-order chi connectivity index (χ1) is 9.19. The molecule has 0 bridgehead atoms. The fourth-order valence-corrected chi connectivity index (χ4v) is 1.79. The van der Waals surface area contributed by atoms with E-state index < -0.39 is 0 Å². The SMILES string of the molecule is COc1cccc(CCC(=O)Nc2ccnn2C)c1. The van der Waals surface area contributed by atoms with E-state index in [1.807, 2.05) is 24.3 Å². The quantitative estimate of drug-likeness (QED) is 0.893. The van der Waals surface area contributed by atoms with Gasteiger partial charge in [-0.05, 0) is 24.1 Å². The molecule has 0 aliphatic carbocycles. The lowest BCUT2D eigenvalue weighted by atomic mass is 10.1. The summed E-state index contributed by atoms with van der Waals surface area (Å²) in [6.45, 7) is 0. The fraction of sp³-hybridized carbons (Fsp3) is 0.286. The molecule has 0 saturated heterocycles. The molecule has 1 aromatic carbocycles. The van der Waals surface area contributed by atoms with Crippen molar-refractivity contribution in [2.45, 2.75) is 12.8 Å². The van der Waals surface area contributed by atoms with E-state index in [-0.39, 0.29) is 5.91 Å². The number of ether oxygens (including phenoxy) is 1. The summed E-state index contributed by atoms with van der Waals surface area (Å²) >= 11 is 0. The molecule has 1 N–H and O–H groups in total. The summed E-state index contributed by atoms with van der Waals surface area (Å²) < 4.78 is 6.78. The number of nitrogens with zero attached hydrogens (tertiary/aromatic N) is 2. The molecule has 19 heavy (non-hydrogen) atoms. The van der Waals surface area contributed by atoms with Crippen molar-refractivity contribution in [1.82, 2.24) is 9.78 Å². The Morgan fingerprint density at radius 1 is 1.42 bits per heavy atom. The van der Waals surface area contributed by atoms with Gasteiger partial charge in [0.2, 0.25) is 5.91 Å². The number of anilines is 1.